The van der Waals surface area contributed by atoms with Gasteiger partial charge in [0, 0.05) is 0 Å². The number of carboxylic acid groups (broad SMARTS) is 1. The van der Waals surface area contributed by atoms with E-state index < -0.39 is 36.2 Å². The molecule has 0 aromatic heterocycles. The first-order valence-electron chi connectivity index (χ1n) is 7.79. The first-order valence-corrected chi connectivity index (χ1v) is 8.61. The summed E-state index contributed by atoms with van der Waals surface area (Å²) in [5.41, 5.74) is 0.538. The highest BCUT2D eigenvalue weighted by Crippen LogP contribution is 2.34. The van der Waals surface area contributed by atoms with Gasteiger partial charge in [0.05, 0.1) is 18.6 Å². The Morgan fingerprint density at radius 3 is 2.63 bits per heavy atom. The van der Waals surface area contributed by atoms with Crippen LogP contribution in [0.4, 0.5) is 4.79 Å². The molecule has 1 aromatic rings. The van der Waals surface area contributed by atoms with Crippen LogP contribution < -0.4 is 9.47 Å². The van der Waals surface area contributed by atoms with E-state index in [1.807, 2.05) is 0 Å². The van der Waals surface area contributed by atoms with Crippen LogP contribution in [0.3, 0.4) is 0 Å². The van der Waals surface area contributed by atoms with E-state index in [9.17, 15) is 19.2 Å². The van der Waals surface area contributed by atoms with Crippen LogP contribution in [0.2, 0.25) is 0 Å². The number of carbonyl (C=O) groups excluding carboxylic acids is 3. The molecule has 1 heterocycles. The first kappa shape index (κ1) is 20.3. The molecule has 1 saturated heterocycles. The van der Waals surface area contributed by atoms with Crippen LogP contribution in [0.5, 0.6) is 11.5 Å². The van der Waals surface area contributed by atoms with Gasteiger partial charge >= 0.3 is 11.9 Å². The quantitative estimate of drug-likeness (QED) is 0.518. The zero-order valence-electron chi connectivity index (χ0n) is 14.6. The minimum Gasteiger partial charge on any atom is -0.493 e. The Morgan fingerprint density at radius 2 is 2.00 bits per heavy atom. The van der Waals surface area contributed by atoms with Crippen molar-refractivity contribution in [2.24, 2.45) is 0 Å². The lowest BCUT2D eigenvalue weighted by atomic mass is 10.2. The van der Waals surface area contributed by atoms with Gasteiger partial charge in [-0.15, -0.1) is 0 Å². The number of benzene rings is 1. The van der Waals surface area contributed by atoms with Crippen molar-refractivity contribution in [3.05, 3.63) is 28.7 Å². The van der Waals surface area contributed by atoms with E-state index in [-0.39, 0.29) is 23.0 Å². The monoisotopic (exact) mass is 395 g/mol. The number of amides is 2. The molecule has 0 aliphatic carbocycles. The lowest BCUT2D eigenvalue weighted by Gasteiger charge is -2.11. The number of hydrogen-bond acceptors (Lipinski definition) is 8. The molecule has 0 radical (unpaired) electrons. The lowest BCUT2D eigenvalue weighted by Crippen LogP contribution is -2.34. The Hall–Kier alpha value is -3.01. The molecule has 0 unspecified atom stereocenters. The molecule has 0 bridgehead atoms. The molecule has 2 rings (SSSR count). The van der Waals surface area contributed by atoms with E-state index in [1.54, 1.807) is 13.0 Å². The molecule has 10 heteroatoms. The summed E-state index contributed by atoms with van der Waals surface area (Å²) >= 11 is 0.710. The summed E-state index contributed by atoms with van der Waals surface area (Å²) in [6, 6.07) is 4.62. The SMILES string of the molecule is CCOC(=O)CN1C(=O)S/C(=C\c2ccc(OCC(=O)O)c(OC)c2)C1=O. The molecule has 9 nitrogen and oxygen atoms in total. The zero-order valence-corrected chi connectivity index (χ0v) is 15.4. The van der Waals surface area contributed by atoms with Gasteiger partial charge in [0.1, 0.15) is 6.54 Å². The molecule has 1 aliphatic rings. The van der Waals surface area contributed by atoms with Crippen LogP contribution in [0.25, 0.3) is 6.08 Å². The Morgan fingerprint density at radius 1 is 1.26 bits per heavy atom. The Labute approximate surface area is 158 Å². The van der Waals surface area contributed by atoms with Crippen LogP contribution in [0, 0.1) is 0 Å². The van der Waals surface area contributed by atoms with E-state index in [2.05, 4.69) is 0 Å². The molecule has 0 saturated carbocycles. The van der Waals surface area contributed by atoms with E-state index in [4.69, 9.17) is 19.3 Å². The topological polar surface area (TPSA) is 119 Å². The summed E-state index contributed by atoms with van der Waals surface area (Å²) in [7, 11) is 1.39. The number of rotatable bonds is 8. The smallest absolute Gasteiger partial charge is 0.341 e. The molecule has 1 fully saturated rings. The van der Waals surface area contributed by atoms with Gasteiger partial charge in [-0.25, -0.2) is 4.79 Å². The van der Waals surface area contributed by atoms with Gasteiger partial charge in [0.2, 0.25) is 0 Å². The minimum atomic E-state index is -1.13. The van der Waals surface area contributed by atoms with Gasteiger partial charge in [-0.05, 0) is 42.5 Å². The highest BCUT2D eigenvalue weighted by molar-refractivity contribution is 8.18. The largest absolute Gasteiger partial charge is 0.493 e. The number of hydrogen-bond donors (Lipinski definition) is 1. The summed E-state index contributed by atoms with van der Waals surface area (Å²) in [5, 5.41) is 8.11. The number of methoxy groups -OCH3 is 1. The Bertz CT molecular complexity index is 804. The number of nitrogens with zero attached hydrogens (tertiary/aromatic N) is 1. The van der Waals surface area contributed by atoms with E-state index in [0.29, 0.717) is 17.3 Å². The van der Waals surface area contributed by atoms with E-state index >= 15 is 0 Å². The second kappa shape index (κ2) is 9.08. The summed E-state index contributed by atoms with van der Waals surface area (Å²) in [4.78, 5) is 47.4. The van der Waals surface area contributed by atoms with Crippen molar-refractivity contribution in [2.45, 2.75) is 6.92 Å². The molecule has 2 amide bonds. The third kappa shape index (κ3) is 5.23. The van der Waals surface area contributed by atoms with Gasteiger partial charge in [0.15, 0.2) is 18.1 Å². The highest BCUT2D eigenvalue weighted by Gasteiger charge is 2.36. The van der Waals surface area contributed by atoms with Crippen molar-refractivity contribution in [2.75, 3.05) is 26.9 Å². The van der Waals surface area contributed by atoms with Gasteiger partial charge < -0.3 is 19.3 Å². The summed E-state index contributed by atoms with van der Waals surface area (Å²) in [6.45, 7) is 0.813. The average Bonchev–Trinajstić information content (AvgIpc) is 2.88. The molecule has 144 valence electrons. The summed E-state index contributed by atoms with van der Waals surface area (Å²) in [6.07, 6.45) is 1.47. The Kier molecular flexibility index (Phi) is 6.83. The van der Waals surface area contributed by atoms with Gasteiger partial charge in [-0.1, -0.05) is 6.07 Å². The van der Waals surface area contributed by atoms with Crippen LogP contribution in [0.15, 0.2) is 23.1 Å². The molecule has 0 spiro atoms. The second-order valence-electron chi connectivity index (χ2n) is 5.17. The third-order valence-electron chi connectivity index (χ3n) is 3.30. The van der Waals surface area contributed by atoms with Crippen molar-refractivity contribution in [1.29, 1.82) is 0 Å². The second-order valence-corrected chi connectivity index (χ2v) is 6.16. The van der Waals surface area contributed by atoms with Crippen LogP contribution in [0.1, 0.15) is 12.5 Å². The summed E-state index contributed by atoms with van der Waals surface area (Å²) in [5.74, 6) is -1.88. The minimum absolute atomic E-state index is 0.144. The average molecular weight is 395 g/mol. The van der Waals surface area contributed by atoms with E-state index in [0.717, 1.165) is 4.90 Å². The Balaban J connectivity index is 2.18. The van der Waals surface area contributed by atoms with Crippen LogP contribution in [-0.2, 0) is 19.1 Å². The van der Waals surface area contributed by atoms with Gasteiger partial charge in [-0.3, -0.25) is 19.3 Å². The third-order valence-corrected chi connectivity index (χ3v) is 4.21. The number of aliphatic carboxylic acids is 1. The first-order chi connectivity index (χ1) is 12.8. The predicted molar refractivity (Wildman–Crippen MR) is 95.4 cm³/mol. The standard InChI is InChI=1S/C17H17NO8S/c1-3-25-15(21)8-18-16(22)13(27-17(18)23)7-10-4-5-11(12(6-10)24-2)26-9-14(19)20/h4-7H,3,8-9H2,1-2H3,(H,19,20)/b13-7-. The van der Waals surface area contributed by atoms with Crippen molar-refractivity contribution in [3.63, 3.8) is 0 Å². The van der Waals surface area contributed by atoms with Crippen molar-refractivity contribution >= 4 is 40.9 Å². The van der Waals surface area contributed by atoms with Crippen molar-refractivity contribution in [3.8, 4) is 11.5 Å². The maximum Gasteiger partial charge on any atom is 0.341 e. The number of carbonyl (C=O) groups is 4. The maximum atomic E-state index is 12.3. The zero-order chi connectivity index (χ0) is 20.0. The number of thioether (sulfide) groups is 1. The molecular formula is C17H17NO8S. The normalized spacial score (nSPS) is 15.2. The molecule has 1 aliphatic heterocycles. The number of esters is 1. The van der Waals surface area contributed by atoms with Crippen LogP contribution in [-0.4, -0.2) is 60.0 Å². The lowest BCUT2D eigenvalue weighted by molar-refractivity contribution is -0.146. The molecule has 0 atom stereocenters. The maximum absolute atomic E-state index is 12.3. The number of carboxylic acids is 1. The highest BCUT2D eigenvalue weighted by atomic mass is 32.2. The number of imide groups is 1. The molecule has 27 heavy (non-hydrogen) atoms. The molecule has 1 aromatic carbocycles. The molecule has 1 N–H and O–H groups in total. The fourth-order valence-corrected chi connectivity index (χ4v) is 2.99. The van der Waals surface area contributed by atoms with E-state index in [1.165, 1.54) is 25.3 Å². The van der Waals surface area contributed by atoms with Crippen molar-refractivity contribution < 1.29 is 38.5 Å². The predicted octanol–water partition coefficient (Wildman–Crippen LogP) is 1.76. The van der Waals surface area contributed by atoms with Gasteiger partial charge in [0.25, 0.3) is 11.1 Å². The van der Waals surface area contributed by atoms with Gasteiger partial charge in [-0.2, -0.15) is 0 Å². The van der Waals surface area contributed by atoms with Crippen LogP contribution >= 0.6 is 11.8 Å². The number of ether oxygens (including phenoxy) is 3. The summed E-state index contributed by atoms with van der Waals surface area (Å²) < 4.78 is 15.0. The fraction of sp³-hybridized carbons (Fsp3) is 0.294. The fourth-order valence-electron chi connectivity index (χ4n) is 2.16. The van der Waals surface area contributed by atoms with Crippen molar-refractivity contribution in [1.82, 2.24) is 4.90 Å². The molecular weight excluding hydrogens is 378 g/mol.